The lowest BCUT2D eigenvalue weighted by Crippen LogP contribution is -2.36. The number of aryl methyl sites for hydroxylation is 1. The summed E-state index contributed by atoms with van der Waals surface area (Å²) in [6.07, 6.45) is 4.10. The van der Waals surface area contributed by atoms with Crippen LogP contribution in [0.2, 0.25) is 0 Å². The van der Waals surface area contributed by atoms with Crippen LogP contribution in [0.15, 0.2) is 6.07 Å². The van der Waals surface area contributed by atoms with E-state index in [0.29, 0.717) is 26.3 Å². The van der Waals surface area contributed by atoms with Crippen LogP contribution in [-0.4, -0.2) is 55.3 Å². The molecule has 7 nitrogen and oxygen atoms in total. The van der Waals surface area contributed by atoms with Crippen LogP contribution >= 0.6 is 0 Å². The molecule has 7 heteroatoms. The molecule has 132 valence electrons. The maximum absolute atomic E-state index is 12.1. The second kappa shape index (κ2) is 8.28. The highest BCUT2D eigenvalue weighted by atomic mass is 16.5. The largest absolute Gasteiger partial charge is 0.381 e. The molecular formula is C17H27N5O2. The Bertz CT molecular complexity index is 554. The van der Waals surface area contributed by atoms with Gasteiger partial charge >= 0.3 is 0 Å². The van der Waals surface area contributed by atoms with Gasteiger partial charge in [0.1, 0.15) is 17.5 Å². The Labute approximate surface area is 143 Å². The van der Waals surface area contributed by atoms with Gasteiger partial charge in [-0.05, 0) is 32.6 Å². The van der Waals surface area contributed by atoms with Gasteiger partial charge in [-0.3, -0.25) is 4.79 Å². The van der Waals surface area contributed by atoms with Crippen molar-refractivity contribution in [1.82, 2.24) is 15.3 Å². The first-order valence-corrected chi connectivity index (χ1v) is 8.92. The van der Waals surface area contributed by atoms with Crippen LogP contribution in [0.4, 0.5) is 11.6 Å². The third-order valence-corrected chi connectivity index (χ3v) is 4.58. The first-order valence-electron chi connectivity index (χ1n) is 8.92. The van der Waals surface area contributed by atoms with Crippen LogP contribution in [0, 0.1) is 12.8 Å². The smallest absolute Gasteiger partial charge is 0.223 e. The molecule has 1 amide bonds. The molecule has 2 aliphatic heterocycles. The number of aromatic nitrogens is 2. The number of amides is 1. The zero-order valence-corrected chi connectivity index (χ0v) is 14.4. The van der Waals surface area contributed by atoms with E-state index in [-0.39, 0.29) is 11.8 Å². The summed E-state index contributed by atoms with van der Waals surface area (Å²) in [7, 11) is 0. The van der Waals surface area contributed by atoms with E-state index in [9.17, 15) is 4.79 Å². The van der Waals surface area contributed by atoms with Crippen LogP contribution in [-0.2, 0) is 9.53 Å². The molecule has 2 aliphatic rings. The molecule has 0 spiro atoms. The van der Waals surface area contributed by atoms with Crippen LogP contribution in [0.1, 0.15) is 31.5 Å². The van der Waals surface area contributed by atoms with Crippen molar-refractivity contribution in [2.45, 2.75) is 32.6 Å². The molecule has 0 atom stereocenters. The van der Waals surface area contributed by atoms with Gasteiger partial charge in [-0.15, -0.1) is 0 Å². The Balaban J connectivity index is 1.45. The Morgan fingerprint density at radius 2 is 2.00 bits per heavy atom. The van der Waals surface area contributed by atoms with Crippen molar-refractivity contribution in [3.8, 4) is 0 Å². The van der Waals surface area contributed by atoms with Crippen LogP contribution in [0.5, 0.6) is 0 Å². The van der Waals surface area contributed by atoms with Gasteiger partial charge in [0.2, 0.25) is 5.91 Å². The Morgan fingerprint density at radius 3 is 2.75 bits per heavy atom. The highest BCUT2D eigenvalue weighted by molar-refractivity contribution is 5.78. The summed E-state index contributed by atoms with van der Waals surface area (Å²) in [5.74, 6) is 2.82. The Hall–Kier alpha value is -1.89. The average molecular weight is 333 g/mol. The molecular weight excluding hydrogens is 306 g/mol. The van der Waals surface area contributed by atoms with Gasteiger partial charge in [0.25, 0.3) is 0 Å². The van der Waals surface area contributed by atoms with Crippen molar-refractivity contribution < 1.29 is 9.53 Å². The van der Waals surface area contributed by atoms with Gasteiger partial charge in [-0.25, -0.2) is 9.97 Å². The molecule has 24 heavy (non-hydrogen) atoms. The highest BCUT2D eigenvalue weighted by Gasteiger charge is 2.21. The number of hydrogen-bond donors (Lipinski definition) is 2. The number of rotatable bonds is 6. The van der Waals surface area contributed by atoms with Crippen molar-refractivity contribution in [3.63, 3.8) is 0 Å². The topological polar surface area (TPSA) is 79.4 Å². The van der Waals surface area contributed by atoms with E-state index in [4.69, 9.17) is 4.74 Å². The number of hydrogen-bond acceptors (Lipinski definition) is 6. The number of nitrogens with one attached hydrogen (secondary N) is 2. The van der Waals surface area contributed by atoms with Crippen molar-refractivity contribution in [2.24, 2.45) is 5.92 Å². The lowest BCUT2D eigenvalue weighted by atomic mass is 9.99. The zero-order valence-electron chi connectivity index (χ0n) is 14.4. The highest BCUT2D eigenvalue weighted by Crippen LogP contribution is 2.20. The molecule has 3 heterocycles. The molecule has 2 fully saturated rings. The summed E-state index contributed by atoms with van der Waals surface area (Å²) >= 11 is 0. The predicted octanol–water partition coefficient (Wildman–Crippen LogP) is 1.34. The average Bonchev–Trinajstić information content (AvgIpc) is 3.13. The molecule has 0 radical (unpaired) electrons. The van der Waals surface area contributed by atoms with E-state index in [2.05, 4.69) is 25.5 Å². The Morgan fingerprint density at radius 1 is 1.25 bits per heavy atom. The van der Waals surface area contributed by atoms with E-state index in [1.54, 1.807) is 0 Å². The number of carbonyl (C=O) groups excluding carboxylic acids is 1. The van der Waals surface area contributed by atoms with Crippen molar-refractivity contribution >= 4 is 17.5 Å². The molecule has 0 unspecified atom stereocenters. The van der Waals surface area contributed by atoms with Gasteiger partial charge in [0.15, 0.2) is 0 Å². The maximum Gasteiger partial charge on any atom is 0.223 e. The van der Waals surface area contributed by atoms with Gasteiger partial charge in [-0.2, -0.15) is 0 Å². The van der Waals surface area contributed by atoms with Crippen LogP contribution < -0.4 is 15.5 Å². The Kier molecular flexibility index (Phi) is 5.85. The van der Waals surface area contributed by atoms with Gasteiger partial charge < -0.3 is 20.3 Å². The van der Waals surface area contributed by atoms with Crippen LogP contribution in [0.3, 0.4) is 0 Å². The summed E-state index contributed by atoms with van der Waals surface area (Å²) in [6.45, 7) is 6.68. The zero-order chi connectivity index (χ0) is 16.8. The normalized spacial score (nSPS) is 18.6. The van der Waals surface area contributed by atoms with Gasteiger partial charge in [-0.1, -0.05) is 0 Å². The lowest BCUT2D eigenvalue weighted by molar-refractivity contribution is -0.127. The quantitative estimate of drug-likeness (QED) is 0.765. The van der Waals surface area contributed by atoms with Crippen molar-refractivity contribution in [2.75, 3.05) is 49.6 Å². The van der Waals surface area contributed by atoms with E-state index in [1.165, 1.54) is 12.8 Å². The molecule has 3 rings (SSSR count). The maximum atomic E-state index is 12.1. The minimum Gasteiger partial charge on any atom is -0.381 e. The van der Waals surface area contributed by atoms with Gasteiger partial charge in [0.05, 0.1) is 0 Å². The van der Waals surface area contributed by atoms with Crippen molar-refractivity contribution in [3.05, 3.63) is 11.9 Å². The fraction of sp³-hybridized carbons (Fsp3) is 0.706. The molecule has 2 N–H and O–H groups in total. The fourth-order valence-corrected chi connectivity index (χ4v) is 3.23. The summed E-state index contributed by atoms with van der Waals surface area (Å²) < 4.78 is 5.29. The molecule has 2 saturated heterocycles. The molecule has 0 aliphatic carbocycles. The number of nitrogens with zero attached hydrogens (tertiary/aromatic N) is 3. The first kappa shape index (κ1) is 17.0. The third-order valence-electron chi connectivity index (χ3n) is 4.58. The second-order valence-electron chi connectivity index (χ2n) is 6.46. The molecule has 1 aromatic heterocycles. The second-order valence-corrected chi connectivity index (χ2v) is 6.46. The fourth-order valence-electron chi connectivity index (χ4n) is 3.23. The summed E-state index contributed by atoms with van der Waals surface area (Å²) in [6, 6.07) is 2.00. The van der Waals surface area contributed by atoms with E-state index in [0.717, 1.165) is 43.4 Å². The standard InChI is InChI=1S/C17H27N5O2/c1-13-20-15(12-16(21-13)22-8-2-3-9-22)18-6-7-19-17(23)14-4-10-24-11-5-14/h12,14H,2-11H2,1H3,(H,19,23)(H,18,20,21). The molecule has 1 aromatic rings. The lowest BCUT2D eigenvalue weighted by Gasteiger charge is -2.21. The van der Waals surface area contributed by atoms with Crippen molar-refractivity contribution in [1.29, 1.82) is 0 Å². The summed E-state index contributed by atoms with van der Waals surface area (Å²) in [5, 5.41) is 6.29. The number of anilines is 2. The van der Waals surface area contributed by atoms with E-state index >= 15 is 0 Å². The predicted molar refractivity (Wildman–Crippen MR) is 93.3 cm³/mol. The van der Waals surface area contributed by atoms with E-state index < -0.39 is 0 Å². The summed E-state index contributed by atoms with van der Waals surface area (Å²) in [4.78, 5) is 23.3. The molecule has 0 saturated carbocycles. The molecule has 0 bridgehead atoms. The van der Waals surface area contributed by atoms with E-state index in [1.807, 2.05) is 13.0 Å². The van der Waals surface area contributed by atoms with Crippen LogP contribution in [0.25, 0.3) is 0 Å². The third kappa shape index (κ3) is 4.56. The minimum atomic E-state index is 0.0989. The van der Waals surface area contributed by atoms with Gasteiger partial charge in [0, 0.05) is 51.4 Å². The molecule has 0 aromatic carbocycles. The monoisotopic (exact) mass is 333 g/mol. The number of carbonyl (C=O) groups is 1. The summed E-state index contributed by atoms with van der Waals surface area (Å²) in [5.41, 5.74) is 0. The first-order chi connectivity index (χ1) is 11.7. The minimum absolute atomic E-state index is 0.0989. The number of ether oxygens (including phenoxy) is 1. The SMILES string of the molecule is Cc1nc(NCCNC(=O)C2CCOCC2)cc(N2CCCC2)n1.